The van der Waals surface area contributed by atoms with Gasteiger partial charge in [-0.25, -0.2) is 0 Å². The van der Waals surface area contributed by atoms with E-state index in [2.05, 4.69) is 24.5 Å². The maximum Gasteiger partial charge on any atom is 0.225 e. The Balaban J connectivity index is 1.87. The zero-order valence-corrected chi connectivity index (χ0v) is 13.4. The third-order valence-corrected chi connectivity index (χ3v) is 4.63. The Hall–Kier alpha value is -1.10. The quantitative estimate of drug-likeness (QED) is 0.817. The number of carbonyl (C=O) groups is 2. The summed E-state index contributed by atoms with van der Waals surface area (Å²) in [6.45, 7) is 7.26. The Labute approximate surface area is 127 Å². The number of carbonyl (C=O) groups excluding carboxylic acids is 2. The molecule has 0 bridgehead atoms. The van der Waals surface area contributed by atoms with E-state index in [1.54, 1.807) is 0 Å². The van der Waals surface area contributed by atoms with E-state index in [-0.39, 0.29) is 23.7 Å². The number of nitrogens with zero attached hydrogens (tertiary/aromatic N) is 1. The van der Waals surface area contributed by atoms with Gasteiger partial charge in [-0.2, -0.15) is 0 Å². The van der Waals surface area contributed by atoms with Gasteiger partial charge in [0.2, 0.25) is 11.8 Å². The van der Waals surface area contributed by atoms with Crippen molar-refractivity contribution in [2.75, 3.05) is 26.2 Å². The van der Waals surface area contributed by atoms with Crippen LogP contribution in [0.4, 0.5) is 0 Å². The second kappa shape index (κ2) is 7.78. The van der Waals surface area contributed by atoms with Gasteiger partial charge < -0.3 is 15.5 Å². The van der Waals surface area contributed by atoms with Crippen molar-refractivity contribution < 1.29 is 9.59 Å². The largest absolute Gasteiger partial charge is 0.356 e. The van der Waals surface area contributed by atoms with Crippen molar-refractivity contribution in [1.82, 2.24) is 15.5 Å². The zero-order valence-electron chi connectivity index (χ0n) is 13.4. The van der Waals surface area contributed by atoms with Gasteiger partial charge in [-0.15, -0.1) is 0 Å². The lowest BCUT2D eigenvalue weighted by atomic mass is 9.90. The van der Waals surface area contributed by atoms with Gasteiger partial charge in [0.15, 0.2) is 0 Å². The molecule has 0 saturated carbocycles. The van der Waals surface area contributed by atoms with Gasteiger partial charge in [0, 0.05) is 31.6 Å². The van der Waals surface area contributed by atoms with E-state index in [4.69, 9.17) is 0 Å². The summed E-state index contributed by atoms with van der Waals surface area (Å²) in [5.74, 6) is 0.497. The lowest BCUT2D eigenvalue weighted by Gasteiger charge is -2.36. The van der Waals surface area contributed by atoms with Crippen LogP contribution in [0, 0.1) is 11.8 Å². The minimum absolute atomic E-state index is 0.0200. The number of piperidine rings is 2. The summed E-state index contributed by atoms with van der Waals surface area (Å²) in [7, 11) is 0. The molecule has 3 atom stereocenters. The smallest absolute Gasteiger partial charge is 0.225 e. The van der Waals surface area contributed by atoms with Crippen molar-refractivity contribution in [3.63, 3.8) is 0 Å². The SMILES string of the molecule is CCCNC(=O)C1CCCN(C(=O)[C@H]2CCN[C@@H](C)C2)C1. The molecule has 0 aromatic rings. The first kappa shape index (κ1) is 16.3. The van der Waals surface area contributed by atoms with Crippen LogP contribution in [0.5, 0.6) is 0 Å². The van der Waals surface area contributed by atoms with Crippen molar-refractivity contribution in [2.45, 2.75) is 52.0 Å². The molecular weight excluding hydrogens is 266 g/mol. The summed E-state index contributed by atoms with van der Waals surface area (Å²) in [6.07, 6.45) is 4.64. The molecule has 2 N–H and O–H groups in total. The maximum atomic E-state index is 12.6. The van der Waals surface area contributed by atoms with Crippen molar-refractivity contribution in [2.24, 2.45) is 11.8 Å². The summed E-state index contributed by atoms with van der Waals surface area (Å²) < 4.78 is 0. The van der Waals surface area contributed by atoms with Crippen LogP contribution in [0.25, 0.3) is 0 Å². The molecule has 2 heterocycles. The van der Waals surface area contributed by atoms with Gasteiger partial charge in [-0.05, 0) is 45.6 Å². The van der Waals surface area contributed by atoms with E-state index >= 15 is 0 Å². The number of amides is 2. The molecule has 2 amide bonds. The molecule has 120 valence electrons. The van der Waals surface area contributed by atoms with Crippen LogP contribution in [0.3, 0.4) is 0 Å². The fourth-order valence-corrected chi connectivity index (χ4v) is 3.40. The second-order valence-corrected chi connectivity index (χ2v) is 6.49. The monoisotopic (exact) mass is 295 g/mol. The third-order valence-electron chi connectivity index (χ3n) is 4.63. The summed E-state index contributed by atoms with van der Waals surface area (Å²) >= 11 is 0. The Bertz CT molecular complexity index is 373. The molecule has 2 saturated heterocycles. The average molecular weight is 295 g/mol. The van der Waals surface area contributed by atoms with Crippen LogP contribution in [-0.4, -0.2) is 48.9 Å². The highest BCUT2D eigenvalue weighted by Gasteiger charge is 2.33. The number of nitrogens with one attached hydrogen (secondary N) is 2. The molecule has 5 heteroatoms. The lowest BCUT2D eigenvalue weighted by Crippen LogP contribution is -2.49. The molecule has 2 rings (SSSR count). The molecule has 0 aromatic carbocycles. The van der Waals surface area contributed by atoms with E-state index in [1.165, 1.54) is 0 Å². The molecule has 0 spiro atoms. The predicted molar refractivity (Wildman–Crippen MR) is 82.8 cm³/mol. The predicted octanol–water partition coefficient (Wildman–Crippen LogP) is 1.14. The highest BCUT2D eigenvalue weighted by Crippen LogP contribution is 2.23. The van der Waals surface area contributed by atoms with Gasteiger partial charge >= 0.3 is 0 Å². The standard InChI is InChI=1S/C16H29N3O2/c1-3-7-18-15(20)14-5-4-9-19(11-14)16(21)13-6-8-17-12(2)10-13/h12-14,17H,3-11H2,1-2H3,(H,18,20)/t12-,13-,14?/m0/s1. The van der Waals surface area contributed by atoms with E-state index < -0.39 is 0 Å². The Morgan fingerprint density at radius 3 is 2.81 bits per heavy atom. The molecule has 2 aliphatic rings. The first-order valence-corrected chi connectivity index (χ1v) is 8.41. The third kappa shape index (κ3) is 4.43. The summed E-state index contributed by atoms with van der Waals surface area (Å²) in [5.41, 5.74) is 0. The fraction of sp³-hybridized carbons (Fsp3) is 0.875. The normalized spacial score (nSPS) is 30.0. The molecule has 0 aromatic heterocycles. The highest BCUT2D eigenvalue weighted by atomic mass is 16.2. The first-order chi connectivity index (χ1) is 10.1. The van der Waals surface area contributed by atoms with Crippen LogP contribution in [0.2, 0.25) is 0 Å². The topological polar surface area (TPSA) is 61.4 Å². The van der Waals surface area contributed by atoms with Gasteiger partial charge in [0.1, 0.15) is 0 Å². The average Bonchev–Trinajstić information content (AvgIpc) is 2.52. The molecule has 21 heavy (non-hydrogen) atoms. The highest BCUT2D eigenvalue weighted by molar-refractivity contribution is 5.82. The molecule has 1 unspecified atom stereocenters. The Morgan fingerprint density at radius 1 is 1.29 bits per heavy atom. The Kier molecular flexibility index (Phi) is 6.03. The van der Waals surface area contributed by atoms with Crippen LogP contribution >= 0.6 is 0 Å². The van der Waals surface area contributed by atoms with Crippen LogP contribution < -0.4 is 10.6 Å². The van der Waals surface area contributed by atoms with Crippen molar-refractivity contribution >= 4 is 11.8 Å². The molecule has 2 fully saturated rings. The number of rotatable bonds is 4. The minimum atomic E-state index is -0.0200. The molecule has 5 nitrogen and oxygen atoms in total. The summed E-state index contributed by atoms with van der Waals surface area (Å²) in [6, 6.07) is 0.418. The fourth-order valence-electron chi connectivity index (χ4n) is 3.40. The van der Waals surface area contributed by atoms with Crippen LogP contribution in [0.15, 0.2) is 0 Å². The van der Waals surface area contributed by atoms with Gasteiger partial charge in [-0.1, -0.05) is 6.92 Å². The lowest BCUT2D eigenvalue weighted by molar-refractivity contribution is -0.140. The Morgan fingerprint density at radius 2 is 2.10 bits per heavy atom. The second-order valence-electron chi connectivity index (χ2n) is 6.49. The molecule has 2 aliphatic heterocycles. The molecule has 0 radical (unpaired) electrons. The summed E-state index contributed by atoms with van der Waals surface area (Å²) in [4.78, 5) is 26.7. The van der Waals surface area contributed by atoms with Crippen molar-refractivity contribution in [3.8, 4) is 0 Å². The molecule has 0 aliphatic carbocycles. The van der Waals surface area contributed by atoms with E-state index in [0.29, 0.717) is 12.6 Å². The number of hydrogen-bond donors (Lipinski definition) is 2. The van der Waals surface area contributed by atoms with E-state index in [1.807, 2.05) is 4.90 Å². The van der Waals surface area contributed by atoms with E-state index in [9.17, 15) is 9.59 Å². The first-order valence-electron chi connectivity index (χ1n) is 8.41. The van der Waals surface area contributed by atoms with Gasteiger partial charge in [0.05, 0.1) is 5.92 Å². The van der Waals surface area contributed by atoms with Crippen LogP contribution in [-0.2, 0) is 9.59 Å². The maximum absolute atomic E-state index is 12.6. The van der Waals surface area contributed by atoms with E-state index in [0.717, 1.165) is 51.7 Å². The van der Waals surface area contributed by atoms with Gasteiger partial charge in [0.25, 0.3) is 0 Å². The number of likely N-dealkylation sites (tertiary alicyclic amines) is 1. The minimum Gasteiger partial charge on any atom is -0.356 e. The number of hydrogen-bond acceptors (Lipinski definition) is 3. The molecular formula is C16H29N3O2. The summed E-state index contributed by atoms with van der Waals surface area (Å²) in [5, 5.41) is 6.35. The zero-order chi connectivity index (χ0) is 15.2. The van der Waals surface area contributed by atoms with Gasteiger partial charge in [-0.3, -0.25) is 9.59 Å². The van der Waals surface area contributed by atoms with Crippen molar-refractivity contribution in [3.05, 3.63) is 0 Å². The van der Waals surface area contributed by atoms with Crippen LogP contribution in [0.1, 0.15) is 46.0 Å². The van der Waals surface area contributed by atoms with Crippen molar-refractivity contribution in [1.29, 1.82) is 0 Å².